The fourth-order valence-corrected chi connectivity index (χ4v) is 6.13. The van der Waals surface area contributed by atoms with E-state index in [0.717, 1.165) is 5.56 Å². The monoisotopic (exact) mass is 470 g/mol. The number of hydrogen-bond acceptors (Lipinski definition) is 7. The van der Waals surface area contributed by atoms with Crippen LogP contribution in [0.3, 0.4) is 0 Å². The predicted octanol–water partition coefficient (Wildman–Crippen LogP) is 2.71. The number of carbonyl (C=O) groups is 1. The molecular weight excluding hydrogens is 444 g/mol. The van der Waals surface area contributed by atoms with Crippen LogP contribution < -0.4 is 9.47 Å². The summed E-state index contributed by atoms with van der Waals surface area (Å²) in [5.74, 6) is 1.17. The van der Waals surface area contributed by atoms with Crippen molar-refractivity contribution < 1.29 is 22.7 Å². The first kappa shape index (κ1) is 21.7. The third-order valence-electron chi connectivity index (χ3n) is 6.20. The number of ether oxygens (including phenoxy) is 2. The smallest absolute Gasteiger partial charge is 0.254 e. The normalized spacial score (nSPS) is 19.2. The molecule has 10 heteroatoms. The van der Waals surface area contributed by atoms with Gasteiger partial charge in [0.1, 0.15) is 13.2 Å². The largest absolute Gasteiger partial charge is 0.486 e. The van der Waals surface area contributed by atoms with Gasteiger partial charge in [-0.15, -0.1) is 0 Å². The molecule has 1 amide bonds. The lowest BCUT2D eigenvalue weighted by atomic mass is 10.0. The first-order valence-electron chi connectivity index (χ1n) is 11.0. The summed E-state index contributed by atoms with van der Waals surface area (Å²) in [5, 5.41) is 5.11. The van der Waals surface area contributed by atoms with Gasteiger partial charge in [0.05, 0.1) is 34.3 Å². The maximum atomic E-state index is 13.6. The van der Waals surface area contributed by atoms with E-state index in [0.29, 0.717) is 53.4 Å². The molecule has 2 aliphatic heterocycles. The quantitative estimate of drug-likeness (QED) is 0.577. The minimum absolute atomic E-state index is 0.0102. The number of rotatable bonds is 4. The van der Waals surface area contributed by atoms with Crippen LogP contribution in [0.25, 0.3) is 22.3 Å². The molecule has 33 heavy (non-hydrogen) atoms. The number of sulfone groups is 1. The number of amides is 1. The van der Waals surface area contributed by atoms with E-state index in [1.165, 1.54) is 0 Å². The molecule has 2 aliphatic rings. The molecule has 0 aliphatic carbocycles. The Balaban J connectivity index is 1.61. The van der Waals surface area contributed by atoms with Crippen molar-refractivity contribution in [2.75, 3.05) is 31.8 Å². The molecule has 4 heterocycles. The zero-order valence-electron chi connectivity index (χ0n) is 18.8. The van der Waals surface area contributed by atoms with Crippen molar-refractivity contribution in [3.63, 3.8) is 0 Å². The van der Waals surface area contributed by atoms with E-state index in [-0.39, 0.29) is 29.5 Å². The average Bonchev–Trinajstić information content (AvgIpc) is 3.40. The topological polar surface area (TPSA) is 104 Å². The summed E-state index contributed by atoms with van der Waals surface area (Å²) in [6.45, 7) is 4.98. The Morgan fingerprint density at radius 2 is 1.94 bits per heavy atom. The number of carbonyl (C=O) groups excluding carboxylic acids is 1. The third kappa shape index (κ3) is 3.92. The van der Waals surface area contributed by atoms with Crippen LogP contribution in [0.1, 0.15) is 36.7 Å². The molecular formula is C23H26N4O5S. The highest BCUT2D eigenvalue weighted by Gasteiger charge is 2.34. The first-order valence-corrected chi connectivity index (χ1v) is 12.8. The van der Waals surface area contributed by atoms with Crippen molar-refractivity contribution in [3.05, 3.63) is 36.0 Å². The minimum Gasteiger partial charge on any atom is -0.486 e. The van der Waals surface area contributed by atoms with Gasteiger partial charge in [-0.2, -0.15) is 5.10 Å². The summed E-state index contributed by atoms with van der Waals surface area (Å²) in [7, 11) is -1.45. The number of aromatic nitrogens is 3. The highest BCUT2D eigenvalue weighted by molar-refractivity contribution is 7.91. The van der Waals surface area contributed by atoms with Crippen molar-refractivity contribution in [3.8, 4) is 22.8 Å². The summed E-state index contributed by atoms with van der Waals surface area (Å²) in [5.41, 5.74) is 2.45. The molecule has 1 atom stereocenters. The molecule has 1 saturated heterocycles. The number of nitrogens with zero attached hydrogens (tertiary/aromatic N) is 4. The molecule has 1 aromatic carbocycles. The predicted molar refractivity (Wildman–Crippen MR) is 123 cm³/mol. The molecule has 0 saturated carbocycles. The van der Waals surface area contributed by atoms with Gasteiger partial charge >= 0.3 is 0 Å². The van der Waals surface area contributed by atoms with Crippen LogP contribution in [-0.4, -0.2) is 71.8 Å². The Kier molecular flexibility index (Phi) is 5.27. The SMILES string of the molecule is CC(C)n1ncc2c(C(=O)N(C)C3CCS(=O)(=O)C3)cc(-c3ccc4c(c3)OCCO4)nc21. The third-order valence-corrected chi connectivity index (χ3v) is 7.95. The van der Waals surface area contributed by atoms with Crippen LogP contribution in [0, 0.1) is 0 Å². The standard InChI is InChI=1S/C23H26N4O5S/c1-14(2)27-22-18(12-24-27)17(23(28)26(3)16-6-9-33(29,30)13-16)11-19(25-22)15-4-5-20-21(10-15)32-8-7-31-20/h4-5,10-12,14,16H,6-9,13H2,1-3H3. The summed E-state index contributed by atoms with van der Waals surface area (Å²) in [6, 6.07) is 7.05. The Hall–Kier alpha value is -3.14. The van der Waals surface area contributed by atoms with Gasteiger partial charge in [-0.05, 0) is 44.5 Å². The molecule has 0 N–H and O–H groups in total. The second-order valence-corrected chi connectivity index (χ2v) is 11.0. The molecule has 0 spiro atoms. The van der Waals surface area contributed by atoms with E-state index in [1.807, 2.05) is 32.0 Å². The lowest BCUT2D eigenvalue weighted by Gasteiger charge is -2.24. The molecule has 3 aromatic rings. The van der Waals surface area contributed by atoms with Crippen molar-refractivity contribution in [2.45, 2.75) is 32.4 Å². The van der Waals surface area contributed by atoms with Crippen LogP contribution in [0.15, 0.2) is 30.5 Å². The zero-order chi connectivity index (χ0) is 23.3. The molecule has 5 rings (SSSR count). The van der Waals surface area contributed by atoms with Crippen LogP contribution in [-0.2, 0) is 9.84 Å². The van der Waals surface area contributed by atoms with Crippen LogP contribution in [0.5, 0.6) is 11.5 Å². The van der Waals surface area contributed by atoms with Crippen LogP contribution >= 0.6 is 0 Å². The summed E-state index contributed by atoms with van der Waals surface area (Å²) in [6.07, 6.45) is 2.10. The average molecular weight is 471 g/mol. The van der Waals surface area contributed by atoms with Crippen LogP contribution in [0.4, 0.5) is 0 Å². The van der Waals surface area contributed by atoms with Gasteiger partial charge in [0.2, 0.25) is 0 Å². The van der Waals surface area contributed by atoms with Gasteiger partial charge in [0.25, 0.3) is 5.91 Å². The summed E-state index contributed by atoms with van der Waals surface area (Å²) < 4.78 is 37.1. The first-order chi connectivity index (χ1) is 15.7. The highest BCUT2D eigenvalue weighted by atomic mass is 32.2. The van der Waals surface area contributed by atoms with Crippen LogP contribution in [0.2, 0.25) is 0 Å². The summed E-state index contributed by atoms with van der Waals surface area (Å²) in [4.78, 5) is 20.0. The second-order valence-electron chi connectivity index (χ2n) is 8.81. The van der Waals surface area contributed by atoms with Crippen molar-refractivity contribution in [1.82, 2.24) is 19.7 Å². The van der Waals surface area contributed by atoms with E-state index in [4.69, 9.17) is 14.5 Å². The number of fused-ring (bicyclic) bond motifs is 2. The maximum Gasteiger partial charge on any atom is 0.254 e. The van der Waals surface area contributed by atoms with Gasteiger partial charge in [-0.3, -0.25) is 4.79 Å². The highest BCUT2D eigenvalue weighted by Crippen LogP contribution is 2.35. The Morgan fingerprint density at radius 1 is 1.18 bits per heavy atom. The van der Waals surface area contributed by atoms with E-state index in [1.54, 1.807) is 28.9 Å². The van der Waals surface area contributed by atoms with Gasteiger partial charge in [-0.25, -0.2) is 18.1 Å². The van der Waals surface area contributed by atoms with Gasteiger partial charge in [0.15, 0.2) is 27.0 Å². The Bertz CT molecular complexity index is 1350. The van der Waals surface area contributed by atoms with Crippen molar-refractivity contribution in [1.29, 1.82) is 0 Å². The van der Waals surface area contributed by atoms with Crippen molar-refractivity contribution in [2.24, 2.45) is 0 Å². The molecule has 9 nitrogen and oxygen atoms in total. The lowest BCUT2D eigenvalue weighted by Crippen LogP contribution is -2.38. The fourth-order valence-electron chi connectivity index (χ4n) is 4.36. The lowest BCUT2D eigenvalue weighted by molar-refractivity contribution is 0.0749. The number of hydrogen-bond donors (Lipinski definition) is 0. The van der Waals surface area contributed by atoms with Gasteiger partial charge < -0.3 is 14.4 Å². The molecule has 1 unspecified atom stereocenters. The fraction of sp³-hybridized carbons (Fsp3) is 0.435. The Morgan fingerprint density at radius 3 is 2.64 bits per heavy atom. The van der Waals surface area contributed by atoms with E-state index in [2.05, 4.69) is 5.10 Å². The molecule has 174 valence electrons. The minimum atomic E-state index is -3.11. The number of pyridine rings is 1. The molecule has 2 aromatic heterocycles. The Labute approximate surface area is 192 Å². The number of benzene rings is 1. The van der Waals surface area contributed by atoms with E-state index >= 15 is 0 Å². The van der Waals surface area contributed by atoms with E-state index in [9.17, 15) is 13.2 Å². The zero-order valence-corrected chi connectivity index (χ0v) is 19.6. The molecule has 1 fully saturated rings. The van der Waals surface area contributed by atoms with Crippen molar-refractivity contribution >= 4 is 26.8 Å². The maximum absolute atomic E-state index is 13.6. The summed E-state index contributed by atoms with van der Waals surface area (Å²) >= 11 is 0. The molecule has 0 radical (unpaired) electrons. The van der Waals surface area contributed by atoms with Gasteiger partial charge in [0, 0.05) is 24.7 Å². The molecule has 0 bridgehead atoms. The second kappa shape index (κ2) is 8.02. The van der Waals surface area contributed by atoms with E-state index < -0.39 is 9.84 Å². The van der Waals surface area contributed by atoms with Gasteiger partial charge in [-0.1, -0.05) is 0 Å².